The average molecular weight is 365 g/mol. The molecule has 0 unspecified atom stereocenters. The highest BCUT2D eigenvalue weighted by Gasteiger charge is 2.30. The van der Waals surface area contributed by atoms with Crippen molar-refractivity contribution in [3.05, 3.63) is 46.7 Å². The number of hydrogen-bond acceptors (Lipinski definition) is 0. The molecule has 0 spiro atoms. The second kappa shape index (κ2) is 7.77. The van der Waals surface area contributed by atoms with Crippen molar-refractivity contribution in [2.45, 2.75) is 57.3 Å². The molecule has 2 saturated carbocycles. The smallest absolute Gasteiger partial charge is 0.123 e. The van der Waals surface area contributed by atoms with Gasteiger partial charge in [0.2, 0.25) is 0 Å². The quantitative estimate of drug-likeness (QED) is 0.552. The molecule has 0 heterocycles. The Morgan fingerprint density at radius 1 is 0.818 bits per heavy atom. The molecule has 0 atom stereocenters. The first kappa shape index (κ1) is 16.2. The maximum Gasteiger partial charge on any atom is 0.123 e. The van der Waals surface area contributed by atoms with Crippen LogP contribution in [-0.2, 0) is 0 Å². The lowest BCUT2D eigenvalue weighted by atomic mass is 9.68. The van der Waals surface area contributed by atoms with Crippen LogP contribution in [0.25, 0.3) is 0 Å². The van der Waals surface area contributed by atoms with E-state index >= 15 is 0 Å². The van der Waals surface area contributed by atoms with Gasteiger partial charge in [-0.1, -0.05) is 34.1 Å². The van der Waals surface area contributed by atoms with Crippen LogP contribution < -0.4 is 0 Å². The Labute approximate surface area is 142 Å². The lowest BCUT2D eigenvalue weighted by Gasteiger charge is -2.37. The van der Waals surface area contributed by atoms with Gasteiger partial charge in [-0.15, -0.1) is 0 Å². The minimum atomic E-state index is -0.119. The molecule has 0 nitrogen and oxygen atoms in total. The Balaban J connectivity index is 1.49. The van der Waals surface area contributed by atoms with Crippen LogP contribution in [0.3, 0.4) is 0 Å². The highest BCUT2D eigenvalue weighted by atomic mass is 79.9. The standard InChI is InChI=1S/C20H26BrF/c21-14-13-15-1-3-16(4-2-15)17-5-7-18(8-6-17)19-9-11-20(22)12-10-19/h9-18H,1-8H2/b14-13+/t15-,16-,17?,18?. The summed E-state index contributed by atoms with van der Waals surface area (Å²) >= 11 is 3.41. The van der Waals surface area contributed by atoms with Crippen molar-refractivity contribution in [2.24, 2.45) is 17.8 Å². The Kier molecular flexibility index (Phi) is 5.73. The van der Waals surface area contributed by atoms with Gasteiger partial charge in [-0.05, 0) is 97.7 Å². The van der Waals surface area contributed by atoms with Crippen molar-refractivity contribution >= 4 is 15.9 Å². The number of benzene rings is 1. The van der Waals surface area contributed by atoms with E-state index in [1.807, 2.05) is 17.1 Å². The Morgan fingerprint density at radius 2 is 1.36 bits per heavy atom. The van der Waals surface area contributed by atoms with E-state index in [2.05, 4.69) is 22.0 Å². The second-order valence-corrected chi connectivity index (χ2v) is 7.69. The molecule has 0 amide bonds. The van der Waals surface area contributed by atoms with Gasteiger partial charge in [0.15, 0.2) is 0 Å². The van der Waals surface area contributed by atoms with Gasteiger partial charge < -0.3 is 0 Å². The van der Waals surface area contributed by atoms with Crippen LogP contribution in [0.4, 0.5) is 4.39 Å². The van der Waals surface area contributed by atoms with E-state index < -0.39 is 0 Å². The zero-order valence-corrected chi connectivity index (χ0v) is 14.8. The largest absolute Gasteiger partial charge is 0.207 e. The fourth-order valence-electron chi connectivity index (χ4n) is 4.57. The van der Waals surface area contributed by atoms with Crippen molar-refractivity contribution in [3.63, 3.8) is 0 Å². The first-order valence-electron chi connectivity index (χ1n) is 8.78. The van der Waals surface area contributed by atoms with Crippen LogP contribution in [-0.4, -0.2) is 0 Å². The summed E-state index contributed by atoms with van der Waals surface area (Å²) in [7, 11) is 0. The summed E-state index contributed by atoms with van der Waals surface area (Å²) in [5.41, 5.74) is 1.34. The molecular formula is C20H26BrF. The SMILES string of the molecule is Fc1ccc(C2CCC([C@H]3CC[C@H](/C=C/Br)CC3)CC2)cc1. The van der Waals surface area contributed by atoms with Crippen molar-refractivity contribution in [1.29, 1.82) is 0 Å². The lowest BCUT2D eigenvalue weighted by Crippen LogP contribution is -2.25. The van der Waals surface area contributed by atoms with E-state index in [9.17, 15) is 4.39 Å². The lowest BCUT2D eigenvalue weighted by molar-refractivity contribution is 0.171. The highest BCUT2D eigenvalue weighted by molar-refractivity contribution is 9.11. The number of halogens is 2. The molecule has 22 heavy (non-hydrogen) atoms. The Hall–Kier alpha value is -0.630. The second-order valence-electron chi connectivity index (χ2n) is 7.16. The summed E-state index contributed by atoms with van der Waals surface area (Å²) in [6.07, 6.45) is 13.2. The summed E-state index contributed by atoms with van der Waals surface area (Å²) in [4.78, 5) is 2.03. The molecule has 0 saturated heterocycles. The summed E-state index contributed by atoms with van der Waals surface area (Å²) in [5.74, 6) is 3.22. The summed E-state index contributed by atoms with van der Waals surface area (Å²) in [6, 6.07) is 7.19. The molecule has 3 rings (SSSR count). The maximum atomic E-state index is 13.0. The number of hydrogen-bond donors (Lipinski definition) is 0. The average Bonchev–Trinajstić information content (AvgIpc) is 2.57. The molecule has 1 aromatic carbocycles. The molecule has 0 aliphatic heterocycles. The highest BCUT2D eigenvalue weighted by Crippen LogP contribution is 2.44. The minimum Gasteiger partial charge on any atom is -0.207 e. The van der Waals surface area contributed by atoms with Crippen LogP contribution in [0.1, 0.15) is 62.8 Å². The maximum absolute atomic E-state index is 13.0. The molecule has 0 N–H and O–H groups in total. The third-order valence-corrected chi connectivity index (χ3v) is 6.25. The Morgan fingerprint density at radius 3 is 1.91 bits per heavy atom. The topological polar surface area (TPSA) is 0 Å². The molecule has 120 valence electrons. The summed E-state index contributed by atoms with van der Waals surface area (Å²) in [6.45, 7) is 0. The van der Waals surface area contributed by atoms with E-state index in [4.69, 9.17) is 0 Å². The van der Waals surface area contributed by atoms with Gasteiger partial charge in [-0.2, -0.15) is 0 Å². The van der Waals surface area contributed by atoms with Crippen LogP contribution in [0, 0.1) is 23.6 Å². The van der Waals surface area contributed by atoms with Crippen LogP contribution in [0.5, 0.6) is 0 Å². The first-order chi connectivity index (χ1) is 10.8. The molecule has 2 aliphatic carbocycles. The zero-order valence-electron chi connectivity index (χ0n) is 13.2. The van der Waals surface area contributed by atoms with Gasteiger partial charge in [0.25, 0.3) is 0 Å². The fraction of sp³-hybridized carbons (Fsp3) is 0.600. The predicted molar refractivity (Wildman–Crippen MR) is 94.6 cm³/mol. The van der Waals surface area contributed by atoms with E-state index in [-0.39, 0.29) is 5.82 Å². The fourth-order valence-corrected chi connectivity index (χ4v) is 5.00. The van der Waals surface area contributed by atoms with Gasteiger partial charge in [0.1, 0.15) is 5.82 Å². The molecule has 0 aromatic heterocycles. The van der Waals surface area contributed by atoms with Gasteiger partial charge in [0, 0.05) is 0 Å². The molecule has 2 heteroatoms. The first-order valence-corrected chi connectivity index (χ1v) is 9.70. The normalized spacial score (nSPS) is 33.2. The van der Waals surface area contributed by atoms with Crippen LogP contribution in [0.15, 0.2) is 35.3 Å². The van der Waals surface area contributed by atoms with Crippen LogP contribution >= 0.6 is 15.9 Å². The van der Waals surface area contributed by atoms with E-state index in [0.717, 1.165) is 17.8 Å². The minimum absolute atomic E-state index is 0.119. The predicted octanol–water partition coefficient (Wildman–Crippen LogP) is 6.81. The molecular weight excluding hydrogens is 339 g/mol. The Bertz CT molecular complexity index is 477. The molecule has 2 fully saturated rings. The van der Waals surface area contributed by atoms with E-state index in [1.165, 1.54) is 56.9 Å². The molecule has 2 aliphatic rings. The van der Waals surface area contributed by atoms with Crippen molar-refractivity contribution < 1.29 is 4.39 Å². The number of allylic oxidation sites excluding steroid dienone is 1. The molecule has 1 aromatic rings. The van der Waals surface area contributed by atoms with Gasteiger partial charge in [0.05, 0.1) is 0 Å². The van der Waals surface area contributed by atoms with Gasteiger partial charge in [-0.25, -0.2) is 4.39 Å². The molecule has 0 radical (unpaired) electrons. The van der Waals surface area contributed by atoms with E-state index in [0.29, 0.717) is 5.92 Å². The third kappa shape index (κ3) is 4.01. The van der Waals surface area contributed by atoms with Gasteiger partial charge >= 0.3 is 0 Å². The monoisotopic (exact) mass is 364 g/mol. The van der Waals surface area contributed by atoms with Crippen molar-refractivity contribution in [1.82, 2.24) is 0 Å². The summed E-state index contributed by atoms with van der Waals surface area (Å²) < 4.78 is 13.0. The van der Waals surface area contributed by atoms with Crippen molar-refractivity contribution in [3.8, 4) is 0 Å². The zero-order chi connectivity index (χ0) is 15.4. The third-order valence-electron chi connectivity index (χ3n) is 5.94. The summed E-state index contributed by atoms with van der Waals surface area (Å²) in [5, 5.41) is 0. The van der Waals surface area contributed by atoms with Crippen LogP contribution in [0.2, 0.25) is 0 Å². The van der Waals surface area contributed by atoms with Gasteiger partial charge in [-0.3, -0.25) is 0 Å². The molecule has 0 bridgehead atoms. The number of rotatable bonds is 3. The van der Waals surface area contributed by atoms with E-state index in [1.54, 1.807) is 12.1 Å². The van der Waals surface area contributed by atoms with Crippen molar-refractivity contribution in [2.75, 3.05) is 0 Å².